The molecular formula is C16H13FN2OS. The quantitative estimate of drug-likeness (QED) is 0.698. The van der Waals surface area contributed by atoms with Crippen LogP contribution in [0.25, 0.3) is 0 Å². The van der Waals surface area contributed by atoms with E-state index in [-0.39, 0.29) is 5.82 Å². The molecule has 0 aliphatic heterocycles. The van der Waals surface area contributed by atoms with Crippen molar-refractivity contribution in [2.24, 2.45) is 0 Å². The fraction of sp³-hybridized carbons (Fsp3) is 0.0625. The molecule has 0 bridgehead atoms. The Kier molecular flexibility index (Phi) is 4.21. The summed E-state index contributed by atoms with van der Waals surface area (Å²) in [5.74, 6) is 1.91. The fourth-order valence-corrected chi connectivity index (χ4v) is 2.60. The van der Waals surface area contributed by atoms with Crippen LogP contribution in [-0.2, 0) is 5.75 Å². The van der Waals surface area contributed by atoms with E-state index < -0.39 is 0 Å². The number of nitrogens with zero attached hydrogens (tertiary/aromatic N) is 1. The number of rotatable bonds is 5. The molecule has 0 saturated carbocycles. The Morgan fingerprint density at radius 2 is 1.90 bits per heavy atom. The van der Waals surface area contributed by atoms with Gasteiger partial charge in [-0.25, -0.2) is 4.39 Å². The van der Waals surface area contributed by atoms with E-state index in [0.29, 0.717) is 5.75 Å². The van der Waals surface area contributed by atoms with Gasteiger partial charge in [-0.3, -0.25) is 5.10 Å². The highest BCUT2D eigenvalue weighted by Crippen LogP contribution is 2.26. The third kappa shape index (κ3) is 3.86. The van der Waals surface area contributed by atoms with Gasteiger partial charge in [0, 0.05) is 11.9 Å². The number of H-pyrrole nitrogens is 1. The van der Waals surface area contributed by atoms with Gasteiger partial charge in [-0.05, 0) is 48.0 Å². The van der Waals surface area contributed by atoms with E-state index in [9.17, 15) is 4.39 Å². The normalized spacial score (nSPS) is 10.5. The second kappa shape index (κ2) is 6.45. The van der Waals surface area contributed by atoms with Crippen LogP contribution in [0.5, 0.6) is 11.5 Å². The van der Waals surface area contributed by atoms with Crippen molar-refractivity contribution in [3.8, 4) is 11.5 Å². The molecule has 1 aromatic heterocycles. The third-order valence-electron chi connectivity index (χ3n) is 2.82. The van der Waals surface area contributed by atoms with Crippen LogP contribution in [0.3, 0.4) is 0 Å². The van der Waals surface area contributed by atoms with Gasteiger partial charge in [-0.1, -0.05) is 12.1 Å². The van der Waals surface area contributed by atoms with Gasteiger partial charge in [-0.15, -0.1) is 11.8 Å². The Bertz CT molecular complexity index is 699. The predicted molar refractivity (Wildman–Crippen MR) is 81.1 cm³/mol. The van der Waals surface area contributed by atoms with E-state index in [1.807, 2.05) is 30.3 Å². The summed E-state index contributed by atoms with van der Waals surface area (Å²) < 4.78 is 18.6. The van der Waals surface area contributed by atoms with Gasteiger partial charge < -0.3 is 4.74 Å². The molecule has 0 fully saturated rings. The lowest BCUT2D eigenvalue weighted by molar-refractivity contribution is 0.480. The average molecular weight is 300 g/mol. The van der Waals surface area contributed by atoms with Crippen molar-refractivity contribution in [3.63, 3.8) is 0 Å². The van der Waals surface area contributed by atoms with Crippen molar-refractivity contribution < 1.29 is 9.13 Å². The molecule has 0 atom stereocenters. The molecule has 106 valence electrons. The zero-order valence-electron chi connectivity index (χ0n) is 11.1. The van der Waals surface area contributed by atoms with Gasteiger partial charge in [0.25, 0.3) is 0 Å². The van der Waals surface area contributed by atoms with E-state index in [4.69, 9.17) is 4.74 Å². The number of nitrogens with one attached hydrogen (secondary N) is 1. The Morgan fingerprint density at radius 3 is 2.67 bits per heavy atom. The molecule has 0 aliphatic carbocycles. The molecule has 0 unspecified atom stereocenters. The van der Waals surface area contributed by atoms with Crippen LogP contribution in [0, 0.1) is 5.82 Å². The lowest BCUT2D eigenvalue weighted by Crippen LogP contribution is -1.87. The van der Waals surface area contributed by atoms with Gasteiger partial charge in [0.05, 0.1) is 5.03 Å². The molecule has 0 saturated heterocycles. The summed E-state index contributed by atoms with van der Waals surface area (Å²) in [6, 6.07) is 15.8. The molecule has 0 radical (unpaired) electrons. The molecule has 3 nitrogen and oxygen atoms in total. The SMILES string of the molecule is Fc1ccc(Oc2cccc(CSc3ccn[nH]3)c2)cc1. The zero-order chi connectivity index (χ0) is 14.5. The molecule has 1 N–H and O–H groups in total. The van der Waals surface area contributed by atoms with Crippen molar-refractivity contribution >= 4 is 11.8 Å². The molecule has 1 heterocycles. The lowest BCUT2D eigenvalue weighted by atomic mass is 10.2. The van der Waals surface area contributed by atoms with Crippen LogP contribution in [0.2, 0.25) is 0 Å². The molecule has 21 heavy (non-hydrogen) atoms. The van der Waals surface area contributed by atoms with Gasteiger partial charge in [0.1, 0.15) is 17.3 Å². The van der Waals surface area contributed by atoms with Crippen LogP contribution in [0.4, 0.5) is 4.39 Å². The number of hydrogen-bond acceptors (Lipinski definition) is 3. The van der Waals surface area contributed by atoms with Gasteiger partial charge in [-0.2, -0.15) is 5.10 Å². The summed E-state index contributed by atoms with van der Waals surface area (Å²) in [5.41, 5.74) is 1.15. The molecule has 0 amide bonds. The van der Waals surface area contributed by atoms with Crippen molar-refractivity contribution in [1.29, 1.82) is 0 Å². The Balaban J connectivity index is 1.66. The summed E-state index contributed by atoms with van der Waals surface area (Å²) in [4.78, 5) is 0. The van der Waals surface area contributed by atoms with Gasteiger partial charge in [0.2, 0.25) is 0 Å². The Morgan fingerprint density at radius 1 is 1.05 bits per heavy atom. The first kappa shape index (κ1) is 13.7. The average Bonchev–Trinajstić information content (AvgIpc) is 3.01. The van der Waals surface area contributed by atoms with E-state index in [1.54, 1.807) is 30.1 Å². The Labute approximate surface area is 126 Å². The zero-order valence-corrected chi connectivity index (χ0v) is 11.9. The largest absolute Gasteiger partial charge is 0.457 e. The van der Waals surface area contributed by atoms with E-state index in [1.165, 1.54) is 12.1 Å². The first-order valence-electron chi connectivity index (χ1n) is 6.44. The monoisotopic (exact) mass is 300 g/mol. The highest BCUT2D eigenvalue weighted by Gasteiger charge is 2.01. The summed E-state index contributed by atoms with van der Waals surface area (Å²) >= 11 is 1.67. The number of benzene rings is 2. The highest BCUT2D eigenvalue weighted by molar-refractivity contribution is 7.98. The first-order valence-corrected chi connectivity index (χ1v) is 7.43. The highest BCUT2D eigenvalue weighted by atomic mass is 32.2. The summed E-state index contributed by atoms with van der Waals surface area (Å²) in [7, 11) is 0. The van der Waals surface area contributed by atoms with E-state index in [0.717, 1.165) is 22.1 Å². The second-order valence-corrected chi connectivity index (χ2v) is 5.43. The first-order chi connectivity index (χ1) is 10.3. The second-order valence-electron chi connectivity index (χ2n) is 4.41. The minimum absolute atomic E-state index is 0.271. The third-order valence-corrected chi connectivity index (χ3v) is 3.83. The summed E-state index contributed by atoms with van der Waals surface area (Å²) in [5, 5.41) is 7.85. The number of hydrogen-bond donors (Lipinski definition) is 1. The smallest absolute Gasteiger partial charge is 0.127 e. The topological polar surface area (TPSA) is 37.9 Å². The predicted octanol–water partition coefficient (Wildman–Crippen LogP) is 4.63. The van der Waals surface area contributed by atoms with Crippen molar-refractivity contribution in [2.45, 2.75) is 10.8 Å². The lowest BCUT2D eigenvalue weighted by Gasteiger charge is -2.07. The summed E-state index contributed by atoms with van der Waals surface area (Å²) in [6.45, 7) is 0. The number of ether oxygens (including phenoxy) is 1. The van der Waals surface area contributed by atoms with Crippen molar-refractivity contribution in [3.05, 3.63) is 72.2 Å². The van der Waals surface area contributed by atoms with Crippen molar-refractivity contribution in [1.82, 2.24) is 10.2 Å². The van der Waals surface area contributed by atoms with Crippen LogP contribution in [-0.4, -0.2) is 10.2 Å². The number of halogens is 1. The van der Waals surface area contributed by atoms with E-state index >= 15 is 0 Å². The van der Waals surface area contributed by atoms with Gasteiger partial charge >= 0.3 is 0 Å². The van der Waals surface area contributed by atoms with Crippen molar-refractivity contribution in [2.75, 3.05) is 0 Å². The van der Waals surface area contributed by atoms with E-state index in [2.05, 4.69) is 10.2 Å². The maximum Gasteiger partial charge on any atom is 0.127 e. The minimum atomic E-state index is -0.271. The molecule has 3 aromatic rings. The number of aromatic nitrogens is 2. The molecular weight excluding hydrogens is 287 g/mol. The number of aromatic amines is 1. The number of thioether (sulfide) groups is 1. The van der Waals surface area contributed by atoms with Gasteiger partial charge in [0.15, 0.2) is 0 Å². The fourth-order valence-electron chi connectivity index (χ4n) is 1.82. The molecule has 0 spiro atoms. The standard InChI is InChI=1S/C16H13FN2OS/c17-13-4-6-14(7-5-13)20-15-3-1-2-12(10-15)11-21-16-8-9-18-19-16/h1-10H,11H2,(H,18,19). The molecule has 0 aliphatic rings. The van der Waals surface area contributed by atoms with Crippen LogP contribution >= 0.6 is 11.8 Å². The molecule has 5 heteroatoms. The van der Waals surface area contributed by atoms with Crippen LogP contribution in [0.1, 0.15) is 5.56 Å². The summed E-state index contributed by atoms with van der Waals surface area (Å²) in [6.07, 6.45) is 1.73. The van der Waals surface area contributed by atoms with Crippen LogP contribution in [0.15, 0.2) is 65.8 Å². The molecule has 2 aromatic carbocycles. The maximum atomic E-state index is 12.9. The maximum absolute atomic E-state index is 12.9. The molecule has 3 rings (SSSR count). The van der Waals surface area contributed by atoms with Crippen LogP contribution < -0.4 is 4.74 Å². The Hall–Kier alpha value is -2.27. The minimum Gasteiger partial charge on any atom is -0.457 e.